The Balaban J connectivity index is 0.000000111. The van der Waals surface area contributed by atoms with Crippen molar-refractivity contribution in [2.75, 3.05) is 0 Å². The molecular formula is C136H93N. The summed E-state index contributed by atoms with van der Waals surface area (Å²) in [5, 5.41) is 28.4. The first-order valence-electron chi connectivity index (χ1n) is 48.0. The highest BCUT2D eigenvalue weighted by Crippen LogP contribution is 2.54. The van der Waals surface area contributed by atoms with Gasteiger partial charge in [-0.3, -0.25) is 0 Å². The van der Waals surface area contributed by atoms with Crippen molar-refractivity contribution in [1.29, 1.82) is 0 Å². The number of benzene rings is 25. The van der Waals surface area contributed by atoms with Crippen LogP contribution in [0.15, 0.2) is 491 Å². The van der Waals surface area contributed by atoms with E-state index >= 15 is 0 Å². The molecule has 28 rings (SSSR count). The molecular weight excluding hydrogens is 1650 g/mol. The van der Waals surface area contributed by atoms with Crippen molar-refractivity contribution in [3.8, 4) is 117 Å². The third-order valence-corrected chi connectivity index (χ3v) is 30.0. The molecule has 137 heavy (non-hydrogen) atoms. The normalized spacial score (nSPS) is 12.8. The topological polar surface area (TPSA) is 4.93 Å². The average molecular weight is 1740 g/mol. The molecule has 1 heterocycles. The van der Waals surface area contributed by atoms with Crippen molar-refractivity contribution in [2.24, 2.45) is 0 Å². The van der Waals surface area contributed by atoms with Crippen LogP contribution < -0.4 is 0 Å². The Morgan fingerprint density at radius 1 is 0.139 bits per heavy atom. The molecule has 0 unspecified atom stereocenters. The van der Waals surface area contributed by atoms with Crippen LogP contribution >= 0.6 is 0 Å². The van der Waals surface area contributed by atoms with Gasteiger partial charge in [0.25, 0.3) is 0 Å². The van der Waals surface area contributed by atoms with Gasteiger partial charge in [0.2, 0.25) is 0 Å². The first-order chi connectivity index (χ1) is 67.4. The highest BCUT2D eigenvalue weighted by atomic mass is 15.0. The lowest BCUT2D eigenvalue weighted by atomic mass is 9.81. The van der Waals surface area contributed by atoms with E-state index in [0.717, 1.165) is 0 Å². The van der Waals surface area contributed by atoms with Gasteiger partial charge in [0.1, 0.15) is 0 Å². The zero-order valence-corrected chi connectivity index (χ0v) is 76.7. The summed E-state index contributed by atoms with van der Waals surface area (Å²) in [7, 11) is 0. The first kappa shape index (κ1) is 80.7. The second kappa shape index (κ2) is 32.4. The van der Waals surface area contributed by atoms with Gasteiger partial charge in [-0.05, 0) is 332 Å². The zero-order chi connectivity index (χ0) is 91.1. The maximum atomic E-state index is 2.43. The second-order valence-corrected chi connectivity index (χ2v) is 38.4. The van der Waals surface area contributed by atoms with Crippen LogP contribution in [0.4, 0.5) is 0 Å². The van der Waals surface area contributed by atoms with Gasteiger partial charge in [0.15, 0.2) is 0 Å². The Labute approximate surface area is 797 Å². The maximum Gasteiger partial charge on any atom is 0.0541 e. The molecule has 1 nitrogen and oxygen atoms in total. The van der Waals surface area contributed by atoms with E-state index in [2.05, 4.69) is 524 Å². The quantitative estimate of drug-likeness (QED) is 0.127. The molecule has 642 valence electrons. The van der Waals surface area contributed by atoms with Crippen molar-refractivity contribution < 1.29 is 0 Å². The van der Waals surface area contributed by atoms with E-state index in [1.54, 1.807) is 0 Å². The van der Waals surface area contributed by atoms with Crippen molar-refractivity contribution in [1.82, 2.24) is 4.57 Å². The minimum absolute atomic E-state index is 0.0338. The van der Waals surface area contributed by atoms with E-state index in [1.165, 1.54) is 269 Å². The predicted molar refractivity (Wildman–Crippen MR) is 587 cm³/mol. The molecule has 0 bridgehead atoms. The summed E-state index contributed by atoms with van der Waals surface area (Å²) in [5.74, 6) is 0. The molecule has 0 radical (unpaired) electrons. The number of hydrogen-bond donors (Lipinski definition) is 0. The second-order valence-electron chi connectivity index (χ2n) is 38.4. The third kappa shape index (κ3) is 13.6. The maximum absolute atomic E-state index is 2.43. The Morgan fingerprint density at radius 3 is 1.02 bits per heavy atom. The average Bonchev–Trinajstić information content (AvgIpc) is 1.05. The van der Waals surface area contributed by atoms with Crippen LogP contribution in [0, 0.1) is 0 Å². The van der Waals surface area contributed by atoms with Crippen LogP contribution in [0.1, 0.15) is 49.9 Å². The highest BCUT2D eigenvalue weighted by molar-refractivity contribution is 6.30. The molecule has 0 aliphatic heterocycles. The van der Waals surface area contributed by atoms with Crippen LogP contribution in [0.25, 0.3) is 246 Å². The van der Waals surface area contributed by atoms with Gasteiger partial charge in [0.05, 0.1) is 11.0 Å². The number of aromatic nitrogens is 1. The van der Waals surface area contributed by atoms with Crippen LogP contribution in [0.3, 0.4) is 0 Å². The summed E-state index contributed by atoms with van der Waals surface area (Å²) in [4.78, 5) is 0. The molecule has 0 N–H and O–H groups in total. The lowest BCUT2D eigenvalue weighted by Gasteiger charge is -2.22. The van der Waals surface area contributed by atoms with E-state index < -0.39 is 0 Å². The van der Waals surface area contributed by atoms with Crippen LogP contribution in [-0.2, 0) is 10.8 Å². The molecule has 2 aliphatic carbocycles. The predicted octanol–water partition coefficient (Wildman–Crippen LogP) is 37.6. The molecule has 0 amide bonds. The Morgan fingerprint density at radius 2 is 0.460 bits per heavy atom. The smallest absolute Gasteiger partial charge is 0.0541 e. The molecule has 0 fully saturated rings. The highest BCUT2D eigenvalue weighted by Gasteiger charge is 2.37. The number of para-hydroxylation sites is 2. The van der Waals surface area contributed by atoms with Crippen molar-refractivity contribution >= 4 is 130 Å². The standard InChI is InChI=1S/C60H44.C42H27N.C34H22/c1-59(2)54-21-9-7-19-47(54)49-28-26-42(35-56(49)59)39-15-11-14-38(31-39)41-24-23-37-25-30-51-52(34-45-13-5-6-18-46(45)58(51)53(37)33-41)44-17-12-16-40(32-44)43-27-29-50-48-20-8-10-22-55(48)60(3,4)57(50)36-43;1-2-12-35(13-3-1)43-40-16-7-6-15-37(40)39-27-34(23-24-41(39)43)32-11-8-10-31(25-32)33-22-19-29-18-21-30-20-17-28-9-4-5-14-36(28)42(30)38(29)26-33;1-2-9-23(10-3-1)26-12-8-13-27(21-26)32-22-28-20-19-25-18-17-24-11-4-5-14-29(24)33(25)34(28)31-16-7-6-15-30(31)32/h5-36H,1-4H3;1-27H;1-22H. The van der Waals surface area contributed by atoms with Crippen LogP contribution in [-0.4, -0.2) is 4.57 Å². The molecule has 26 aromatic rings. The fourth-order valence-electron chi connectivity index (χ4n) is 23.2. The monoisotopic (exact) mass is 1740 g/mol. The Bertz CT molecular complexity index is 9460. The van der Waals surface area contributed by atoms with E-state index in [9.17, 15) is 0 Å². The molecule has 1 heteroatoms. The number of nitrogens with zero attached hydrogens (tertiary/aromatic N) is 1. The van der Waals surface area contributed by atoms with E-state index in [-0.39, 0.29) is 10.8 Å². The fourth-order valence-corrected chi connectivity index (χ4v) is 23.2. The van der Waals surface area contributed by atoms with Crippen molar-refractivity contribution in [2.45, 2.75) is 38.5 Å². The molecule has 2 aliphatic rings. The van der Waals surface area contributed by atoms with Gasteiger partial charge in [-0.15, -0.1) is 0 Å². The van der Waals surface area contributed by atoms with Crippen molar-refractivity contribution in [3.63, 3.8) is 0 Å². The van der Waals surface area contributed by atoms with Gasteiger partial charge >= 0.3 is 0 Å². The lowest BCUT2D eigenvalue weighted by Crippen LogP contribution is -2.14. The largest absolute Gasteiger partial charge is 0.309 e. The summed E-state index contributed by atoms with van der Waals surface area (Å²) < 4.78 is 2.37. The molecule has 0 spiro atoms. The van der Waals surface area contributed by atoms with E-state index in [1.807, 2.05) is 0 Å². The van der Waals surface area contributed by atoms with Crippen LogP contribution in [0.2, 0.25) is 0 Å². The summed E-state index contributed by atoms with van der Waals surface area (Å²) >= 11 is 0. The summed E-state index contributed by atoms with van der Waals surface area (Å²) in [5.41, 5.74) is 34.5. The number of rotatable bonds is 9. The van der Waals surface area contributed by atoms with Gasteiger partial charge in [-0.2, -0.15) is 0 Å². The zero-order valence-electron chi connectivity index (χ0n) is 76.7. The summed E-state index contributed by atoms with van der Waals surface area (Å²) in [6, 6.07) is 182. The van der Waals surface area contributed by atoms with Gasteiger partial charge in [-0.1, -0.05) is 428 Å². The molecule has 1 aromatic heterocycles. The lowest BCUT2D eigenvalue weighted by molar-refractivity contribution is 0.660. The van der Waals surface area contributed by atoms with Gasteiger partial charge < -0.3 is 4.57 Å². The molecule has 0 saturated heterocycles. The van der Waals surface area contributed by atoms with Gasteiger partial charge in [-0.25, -0.2) is 0 Å². The minimum atomic E-state index is -0.0404. The van der Waals surface area contributed by atoms with E-state index in [0.29, 0.717) is 0 Å². The molecule has 25 aromatic carbocycles. The van der Waals surface area contributed by atoms with E-state index in [4.69, 9.17) is 0 Å². The number of hydrogen-bond acceptors (Lipinski definition) is 0. The summed E-state index contributed by atoms with van der Waals surface area (Å²) in [6.45, 7) is 9.44. The Hall–Kier alpha value is -17.1. The van der Waals surface area contributed by atoms with Gasteiger partial charge in [0, 0.05) is 27.3 Å². The minimum Gasteiger partial charge on any atom is -0.309 e. The van der Waals surface area contributed by atoms with Crippen LogP contribution in [0.5, 0.6) is 0 Å². The summed E-state index contributed by atoms with van der Waals surface area (Å²) in [6.07, 6.45) is 0. The third-order valence-electron chi connectivity index (χ3n) is 30.0. The fraction of sp³-hybridized carbons (Fsp3) is 0.0441. The SMILES string of the molecule is CC1(C)c2ccccc2-c2ccc(-c3cccc(-c4ccc5ccc6c(-c7cccc(-c8ccc9c(c8)C(C)(C)c8ccccc8-9)c7)cc7ccccc7c6c5c4)c3)cc21.c1ccc(-c2cccc(-c3cc4ccc5ccc6ccccc6c5c4c4ccccc34)c2)cc1.c1ccc(-n2c3ccccc3c3cc(-c4cccc(-c5ccc6ccc7ccc8ccccc8c7c6c5)c4)ccc32)cc1. The molecule has 0 saturated carbocycles. The first-order valence-corrected chi connectivity index (χ1v) is 48.0. The number of fused-ring (bicyclic) bond motifs is 26. The molecule has 0 atom stereocenters. The van der Waals surface area contributed by atoms with Crippen molar-refractivity contribution in [3.05, 3.63) is 514 Å². The Kier molecular flexibility index (Phi) is 19.1.